The second kappa shape index (κ2) is 43.7. The molecule has 12 aromatic rings. The van der Waals surface area contributed by atoms with E-state index in [1.54, 1.807) is 97.1 Å². The topological polar surface area (TPSA) is 235 Å². The van der Waals surface area contributed by atoms with Gasteiger partial charge >= 0.3 is 12.3 Å². The van der Waals surface area contributed by atoms with Gasteiger partial charge in [0.15, 0.2) is 0 Å². The standard InChI is InChI=1S/C18H18F3NO.C18H21NO2.C18H21NO.C17H20BrNO2S.C17H21NO2S.C16H19NO2S/c1-17(2,3)13-7-5-9-15(11-13)22-16(23)12-6-4-8-14(10-12)18(19,20)21;1-18(2,3)15-10-7-11-16(12-15)19-17(20)21-13-14-8-5-4-6-9-14;1-13-8-10-14(11-9-13)17(20)19-16-7-5-6-15(12-16)18(2,3)4;1-12-8-9-16(15(18)10-12)22(20,21)19-14-7-5-6-13(11-14)17(2,3)4;1-13-8-10-16(11-9-13)21(19,20)18-15-7-5-6-14(12-15)17(2,3)4;1-16(2,3)13-8-7-9-14(12-13)17-20(18,19)15-10-5-4-6-11-15/h4-11H,1-3H3,(H,22,23);4-12H,13H2,1-3H3,(H,19,20);5-12H,1-4H3,(H,19,20);5-11,19H,1-4H3;5-12,18H,1-4H3;4-12,17H,1-3H3. The van der Waals surface area contributed by atoms with Crippen molar-refractivity contribution in [2.24, 2.45) is 0 Å². The molecule has 127 heavy (non-hydrogen) atoms. The first-order chi connectivity index (χ1) is 58.9. The van der Waals surface area contributed by atoms with Gasteiger partial charge in [0.1, 0.15) is 11.5 Å². The molecule has 672 valence electrons. The number of rotatable bonds is 16. The predicted molar refractivity (Wildman–Crippen MR) is 519 cm³/mol. The third-order valence-corrected chi connectivity index (χ3v) is 24.8. The minimum Gasteiger partial charge on any atom is -0.444 e. The number of hydrogen-bond acceptors (Lipinski definition) is 10. The van der Waals surface area contributed by atoms with Crippen LogP contribution in [0.4, 0.5) is 52.1 Å². The molecule has 0 atom stereocenters. The highest BCUT2D eigenvalue weighted by molar-refractivity contribution is 9.10. The third kappa shape index (κ3) is 33.6. The molecule has 6 N–H and O–H groups in total. The highest BCUT2D eigenvalue weighted by atomic mass is 79.9. The number of halogens is 4. The van der Waals surface area contributed by atoms with E-state index in [4.69, 9.17) is 4.74 Å². The van der Waals surface area contributed by atoms with Crippen molar-refractivity contribution in [1.29, 1.82) is 0 Å². The van der Waals surface area contributed by atoms with Crippen molar-refractivity contribution in [3.8, 4) is 0 Å². The lowest BCUT2D eigenvalue weighted by Crippen LogP contribution is -2.15. The van der Waals surface area contributed by atoms with Crippen molar-refractivity contribution < 1.29 is 57.5 Å². The average molecular weight is 1850 g/mol. The molecule has 0 spiro atoms. The monoisotopic (exact) mass is 1840 g/mol. The summed E-state index contributed by atoms with van der Waals surface area (Å²) in [6, 6.07) is 87.6. The van der Waals surface area contributed by atoms with Crippen LogP contribution in [0.25, 0.3) is 0 Å². The second-order valence-corrected chi connectivity index (χ2v) is 42.8. The Labute approximate surface area is 759 Å². The quantitative estimate of drug-likeness (QED) is 0.0535. The molecule has 0 saturated carbocycles. The van der Waals surface area contributed by atoms with Gasteiger partial charge in [0.2, 0.25) is 0 Å². The highest BCUT2D eigenvalue weighted by Gasteiger charge is 2.31. The number of aryl methyl sites for hydroxylation is 3. The predicted octanol–water partition coefficient (Wildman–Crippen LogP) is 27.3. The Bertz CT molecular complexity index is 6050. The largest absolute Gasteiger partial charge is 0.444 e. The van der Waals surface area contributed by atoms with E-state index in [2.05, 4.69) is 162 Å². The summed E-state index contributed by atoms with van der Waals surface area (Å²) in [4.78, 5) is 36.9. The number of carbonyl (C=O) groups excluding carboxylic acids is 3. The smallest absolute Gasteiger partial charge is 0.416 e. The molecule has 12 rings (SSSR count). The van der Waals surface area contributed by atoms with Gasteiger partial charge in [-0.25, -0.2) is 30.0 Å². The van der Waals surface area contributed by atoms with Crippen molar-refractivity contribution in [3.05, 3.63) is 374 Å². The molecule has 16 nitrogen and oxygen atoms in total. The van der Waals surface area contributed by atoms with Crippen LogP contribution in [0.3, 0.4) is 0 Å². The summed E-state index contributed by atoms with van der Waals surface area (Å²) < 4.78 is 126. The summed E-state index contributed by atoms with van der Waals surface area (Å²) >= 11 is 3.32. The van der Waals surface area contributed by atoms with Gasteiger partial charge in [-0.05, 0) is 253 Å². The molecule has 0 aliphatic heterocycles. The molecule has 0 fully saturated rings. The van der Waals surface area contributed by atoms with Gasteiger partial charge in [-0.1, -0.05) is 293 Å². The molecule has 0 aliphatic rings. The van der Waals surface area contributed by atoms with Crippen LogP contribution in [-0.4, -0.2) is 43.2 Å². The normalized spacial score (nSPS) is 11.8. The number of alkyl halides is 3. The lowest BCUT2D eigenvalue weighted by atomic mass is 9.87. The lowest BCUT2D eigenvalue weighted by molar-refractivity contribution is -0.137. The molecular formula is C104H120BrF3N6O10S3. The van der Waals surface area contributed by atoms with Crippen molar-refractivity contribution in [3.63, 3.8) is 0 Å². The van der Waals surface area contributed by atoms with Crippen LogP contribution in [0.2, 0.25) is 0 Å². The van der Waals surface area contributed by atoms with Crippen LogP contribution in [0.15, 0.2) is 316 Å². The molecule has 0 heterocycles. The van der Waals surface area contributed by atoms with E-state index >= 15 is 0 Å². The Morgan fingerprint density at radius 3 is 0.961 bits per heavy atom. The first kappa shape index (κ1) is 102. The summed E-state index contributed by atoms with van der Waals surface area (Å²) in [5.41, 5.74) is 14.5. The maximum Gasteiger partial charge on any atom is 0.416 e. The number of benzene rings is 12. The summed E-state index contributed by atoms with van der Waals surface area (Å²) in [5, 5.41) is 8.36. The summed E-state index contributed by atoms with van der Waals surface area (Å²) in [6.45, 7) is 44.0. The Kier molecular flexibility index (Phi) is 35.3. The van der Waals surface area contributed by atoms with Crippen LogP contribution in [0.5, 0.6) is 0 Å². The van der Waals surface area contributed by atoms with E-state index in [1.165, 1.54) is 23.3 Å². The minimum absolute atomic E-state index is 0.0196. The number of amides is 3. The maximum atomic E-state index is 12.7. The van der Waals surface area contributed by atoms with E-state index in [9.17, 15) is 52.8 Å². The van der Waals surface area contributed by atoms with Gasteiger partial charge in [0.05, 0.1) is 15.4 Å². The van der Waals surface area contributed by atoms with Crippen molar-refractivity contribution >= 4 is 98.0 Å². The zero-order valence-electron chi connectivity index (χ0n) is 76.3. The third-order valence-electron chi connectivity index (χ3n) is 19.6. The van der Waals surface area contributed by atoms with Gasteiger partial charge in [0.25, 0.3) is 41.9 Å². The molecule has 0 bridgehead atoms. The van der Waals surface area contributed by atoms with Gasteiger partial charge in [-0.3, -0.25) is 29.1 Å². The molecule has 12 aromatic carbocycles. The number of ether oxygens (including phenoxy) is 1. The number of carbonyl (C=O) groups is 3. The average Bonchev–Trinajstić information content (AvgIpc) is 0.815. The summed E-state index contributed by atoms with van der Waals surface area (Å²) in [7, 11) is -10.7. The zero-order chi connectivity index (χ0) is 94.3. The highest BCUT2D eigenvalue weighted by Crippen LogP contribution is 2.35. The summed E-state index contributed by atoms with van der Waals surface area (Å²) in [6.07, 6.45) is -4.91. The van der Waals surface area contributed by atoms with Crippen LogP contribution < -0.4 is 30.1 Å². The van der Waals surface area contributed by atoms with E-state index in [1.807, 2.05) is 205 Å². The minimum atomic E-state index is -4.47. The molecule has 0 unspecified atom stereocenters. The Morgan fingerprint density at radius 1 is 0.299 bits per heavy atom. The fourth-order valence-electron chi connectivity index (χ4n) is 11.9. The fraction of sp³-hybridized carbons (Fsp3) is 0.279. The van der Waals surface area contributed by atoms with Gasteiger partial charge in [0, 0.05) is 49.7 Å². The molecular weight excluding hydrogens is 1730 g/mol. The van der Waals surface area contributed by atoms with Crippen molar-refractivity contribution in [1.82, 2.24) is 0 Å². The maximum absolute atomic E-state index is 12.7. The molecule has 0 saturated heterocycles. The molecule has 0 radical (unpaired) electrons. The first-order valence-corrected chi connectivity index (χ1v) is 46.6. The van der Waals surface area contributed by atoms with Gasteiger partial charge in [-0.2, -0.15) is 13.2 Å². The van der Waals surface area contributed by atoms with Crippen LogP contribution in [0.1, 0.15) is 207 Å². The van der Waals surface area contributed by atoms with E-state index in [0.29, 0.717) is 32.8 Å². The van der Waals surface area contributed by atoms with Crippen molar-refractivity contribution in [2.75, 3.05) is 30.1 Å². The molecule has 3 amide bonds. The number of anilines is 6. The van der Waals surface area contributed by atoms with E-state index in [0.717, 1.165) is 68.0 Å². The Hall–Kier alpha value is -11.6. The SMILES string of the molecule is CC(C)(C)c1cccc(NC(=O)OCc2ccccc2)c1.CC(C)(C)c1cccc(NC(=O)c2cccc(C(F)(F)F)c2)c1.CC(C)(C)c1cccc(NS(=O)(=O)c2ccccc2)c1.Cc1ccc(C(=O)Nc2cccc(C(C)(C)C)c2)cc1.Cc1ccc(S(=O)(=O)Nc2cccc(C(C)(C)C)c2)c(Br)c1.Cc1ccc(S(=O)(=O)Nc2cccc(C(C)(C)C)c2)cc1. The van der Waals surface area contributed by atoms with Crippen LogP contribution in [0, 0.1) is 20.8 Å². The van der Waals surface area contributed by atoms with Gasteiger partial charge < -0.3 is 15.4 Å². The molecule has 0 aliphatic carbocycles. The number of sulfonamides is 3. The molecule has 23 heteroatoms. The lowest BCUT2D eigenvalue weighted by Gasteiger charge is -2.20. The summed E-state index contributed by atoms with van der Waals surface area (Å²) in [5.74, 6) is -0.641. The zero-order valence-corrected chi connectivity index (χ0v) is 80.4. The van der Waals surface area contributed by atoms with Crippen molar-refractivity contribution in [2.45, 2.75) is 205 Å². The molecule has 0 aromatic heterocycles. The Balaban J connectivity index is 0.000000209. The second-order valence-electron chi connectivity index (χ2n) is 36.9. The fourth-order valence-corrected chi connectivity index (χ4v) is 16.3. The van der Waals surface area contributed by atoms with Crippen LogP contribution >= 0.6 is 15.9 Å². The van der Waals surface area contributed by atoms with E-state index < -0.39 is 53.8 Å². The first-order valence-electron chi connectivity index (χ1n) is 41.4. The number of nitrogens with one attached hydrogen (secondary N) is 6. The van der Waals surface area contributed by atoms with E-state index in [-0.39, 0.29) is 65.3 Å². The number of hydrogen-bond donors (Lipinski definition) is 6. The van der Waals surface area contributed by atoms with Gasteiger partial charge in [-0.15, -0.1) is 0 Å². The van der Waals surface area contributed by atoms with Crippen LogP contribution in [-0.2, 0) is 80.1 Å². The Morgan fingerprint density at radius 2 is 0.598 bits per heavy atom.